The maximum absolute atomic E-state index is 4.58. The van der Waals surface area contributed by atoms with Gasteiger partial charge in [-0.05, 0) is 58.2 Å². The lowest BCUT2D eigenvalue weighted by atomic mass is 9.89. The Kier molecular flexibility index (Phi) is 5.07. The lowest BCUT2D eigenvalue weighted by Crippen LogP contribution is -2.03. The van der Waals surface area contributed by atoms with Crippen molar-refractivity contribution in [2.24, 2.45) is 5.92 Å². The summed E-state index contributed by atoms with van der Waals surface area (Å²) in [5.74, 6) is 0.393. The highest BCUT2D eigenvalue weighted by Crippen LogP contribution is 2.47. The summed E-state index contributed by atoms with van der Waals surface area (Å²) >= 11 is 0. The van der Waals surface area contributed by atoms with Crippen LogP contribution >= 0.6 is 0 Å². The minimum atomic E-state index is 0.393. The van der Waals surface area contributed by atoms with Crippen molar-refractivity contribution in [3.05, 3.63) is 143 Å². The molecule has 2 aliphatic carbocycles. The van der Waals surface area contributed by atoms with Crippen LogP contribution in [0.25, 0.3) is 11.6 Å². The zero-order valence-corrected chi connectivity index (χ0v) is 17.2. The van der Waals surface area contributed by atoms with E-state index in [0.29, 0.717) is 5.92 Å². The lowest BCUT2D eigenvalue weighted by Gasteiger charge is -2.14. The second-order valence-corrected chi connectivity index (χ2v) is 8.23. The van der Waals surface area contributed by atoms with Crippen molar-refractivity contribution >= 4 is 11.6 Å². The molecule has 0 aromatic heterocycles. The molecular formula is C30H26. The summed E-state index contributed by atoms with van der Waals surface area (Å²) in [6.45, 7) is 4.58. The van der Waals surface area contributed by atoms with E-state index in [2.05, 4.69) is 110 Å². The molecule has 0 heteroatoms. The van der Waals surface area contributed by atoms with Crippen LogP contribution in [0.4, 0.5) is 0 Å². The Bertz CT molecular complexity index is 1160. The van der Waals surface area contributed by atoms with Gasteiger partial charge in [0.05, 0.1) is 0 Å². The summed E-state index contributed by atoms with van der Waals surface area (Å²) in [5, 5.41) is 0. The number of allylic oxidation sites excluding steroid dienone is 6. The van der Waals surface area contributed by atoms with Crippen LogP contribution in [-0.2, 0) is 12.8 Å². The number of benzene rings is 3. The topological polar surface area (TPSA) is 0 Å². The predicted octanol–water partition coefficient (Wildman–Crippen LogP) is 7.45. The maximum Gasteiger partial charge on any atom is 0.00958 e. The Morgan fingerprint density at radius 2 is 1.53 bits per heavy atom. The van der Waals surface area contributed by atoms with E-state index >= 15 is 0 Å². The summed E-state index contributed by atoms with van der Waals surface area (Å²) in [6.07, 6.45) is 10.0. The van der Waals surface area contributed by atoms with Crippen LogP contribution in [0.2, 0.25) is 0 Å². The second kappa shape index (κ2) is 8.16. The number of hydrogen-bond acceptors (Lipinski definition) is 0. The number of fused-ring (bicyclic) bond motifs is 1. The zero-order valence-electron chi connectivity index (χ0n) is 17.2. The van der Waals surface area contributed by atoms with Crippen molar-refractivity contribution < 1.29 is 0 Å². The van der Waals surface area contributed by atoms with E-state index in [-0.39, 0.29) is 0 Å². The van der Waals surface area contributed by atoms with Crippen molar-refractivity contribution in [1.82, 2.24) is 0 Å². The SMILES string of the molecule is C=C1C(C=CCc2ccccc2)=C(c2ccccc2)CC1C1=Cc2ccccc2C1. The van der Waals surface area contributed by atoms with Gasteiger partial charge in [0.15, 0.2) is 0 Å². The highest BCUT2D eigenvalue weighted by atomic mass is 14.4. The quantitative estimate of drug-likeness (QED) is 0.427. The van der Waals surface area contributed by atoms with E-state index in [1.54, 1.807) is 0 Å². The van der Waals surface area contributed by atoms with Crippen molar-refractivity contribution in [3.8, 4) is 0 Å². The highest BCUT2D eigenvalue weighted by molar-refractivity contribution is 5.81. The van der Waals surface area contributed by atoms with E-state index in [9.17, 15) is 0 Å². The van der Waals surface area contributed by atoms with E-state index in [1.807, 2.05) is 0 Å². The molecule has 2 aliphatic rings. The third-order valence-electron chi connectivity index (χ3n) is 6.34. The molecule has 146 valence electrons. The van der Waals surface area contributed by atoms with E-state index in [4.69, 9.17) is 0 Å². The van der Waals surface area contributed by atoms with Gasteiger partial charge in [-0.15, -0.1) is 0 Å². The fraction of sp³-hybridized carbons (Fsp3) is 0.133. The molecule has 3 aromatic rings. The predicted molar refractivity (Wildman–Crippen MR) is 128 cm³/mol. The van der Waals surface area contributed by atoms with E-state index in [1.165, 1.54) is 44.5 Å². The van der Waals surface area contributed by atoms with Gasteiger partial charge in [-0.2, -0.15) is 0 Å². The molecule has 0 N–H and O–H groups in total. The fourth-order valence-corrected chi connectivity index (χ4v) is 4.75. The second-order valence-electron chi connectivity index (χ2n) is 8.23. The zero-order chi connectivity index (χ0) is 20.3. The van der Waals surface area contributed by atoms with Crippen LogP contribution in [0.5, 0.6) is 0 Å². The van der Waals surface area contributed by atoms with Gasteiger partial charge >= 0.3 is 0 Å². The Morgan fingerprint density at radius 3 is 2.30 bits per heavy atom. The molecule has 30 heavy (non-hydrogen) atoms. The van der Waals surface area contributed by atoms with Gasteiger partial charge in [0.1, 0.15) is 0 Å². The van der Waals surface area contributed by atoms with Gasteiger partial charge in [0.2, 0.25) is 0 Å². The van der Waals surface area contributed by atoms with Gasteiger partial charge < -0.3 is 0 Å². The monoisotopic (exact) mass is 386 g/mol. The van der Waals surface area contributed by atoms with Gasteiger partial charge in [-0.25, -0.2) is 0 Å². The van der Waals surface area contributed by atoms with Gasteiger partial charge in [0, 0.05) is 5.92 Å². The van der Waals surface area contributed by atoms with Crippen LogP contribution in [0.15, 0.2) is 120 Å². The molecule has 1 atom stereocenters. The molecule has 0 bridgehead atoms. The molecule has 0 spiro atoms. The fourth-order valence-electron chi connectivity index (χ4n) is 4.75. The smallest absolute Gasteiger partial charge is 0.00958 e. The Morgan fingerprint density at radius 1 is 0.833 bits per heavy atom. The maximum atomic E-state index is 4.58. The molecule has 3 aromatic carbocycles. The third kappa shape index (κ3) is 3.62. The molecular weight excluding hydrogens is 360 g/mol. The average Bonchev–Trinajstić information content (AvgIpc) is 3.36. The number of hydrogen-bond donors (Lipinski definition) is 0. The summed E-state index contributed by atoms with van der Waals surface area (Å²) in [4.78, 5) is 0. The molecule has 0 fully saturated rings. The van der Waals surface area contributed by atoms with Crippen LogP contribution < -0.4 is 0 Å². The molecule has 0 amide bonds. The Balaban J connectivity index is 1.45. The first-order valence-electron chi connectivity index (χ1n) is 10.8. The largest absolute Gasteiger partial charge is 0.0946 e. The molecule has 0 nitrogen and oxygen atoms in total. The standard InChI is InChI=1S/C30H26/c1-22-28(18-10-13-23-11-4-2-5-12-23)30(24-14-6-3-7-15-24)21-29(22)27-19-25-16-8-9-17-26(25)20-27/h2-12,14-19,29H,1,13,20-21H2. The normalized spacial score (nSPS) is 18.2. The van der Waals surface area contributed by atoms with E-state index in [0.717, 1.165) is 19.3 Å². The molecule has 0 aliphatic heterocycles. The van der Waals surface area contributed by atoms with Crippen molar-refractivity contribution in [2.75, 3.05) is 0 Å². The molecule has 0 heterocycles. The Labute approximate surface area is 179 Å². The first-order chi connectivity index (χ1) is 14.8. The van der Waals surface area contributed by atoms with Crippen molar-refractivity contribution in [3.63, 3.8) is 0 Å². The molecule has 0 radical (unpaired) electrons. The van der Waals surface area contributed by atoms with Crippen LogP contribution in [0.1, 0.15) is 28.7 Å². The summed E-state index contributed by atoms with van der Waals surface area (Å²) in [5.41, 5.74) is 11.0. The summed E-state index contributed by atoms with van der Waals surface area (Å²) < 4.78 is 0. The molecule has 1 unspecified atom stereocenters. The van der Waals surface area contributed by atoms with Gasteiger partial charge in [-0.1, -0.05) is 115 Å². The summed E-state index contributed by atoms with van der Waals surface area (Å²) in [6, 6.07) is 30.2. The first kappa shape index (κ1) is 18.6. The average molecular weight is 387 g/mol. The number of rotatable bonds is 5. The van der Waals surface area contributed by atoms with Gasteiger partial charge in [0.25, 0.3) is 0 Å². The summed E-state index contributed by atoms with van der Waals surface area (Å²) in [7, 11) is 0. The molecule has 0 saturated heterocycles. The van der Waals surface area contributed by atoms with Crippen LogP contribution in [-0.4, -0.2) is 0 Å². The lowest BCUT2D eigenvalue weighted by molar-refractivity contribution is 0.766. The Hall–Kier alpha value is -3.38. The first-order valence-corrected chi connectivity index (χ1v) is 10.8. The van der Waals surface area contributed by atoms with Crippen LogP contribution in [0.3, 0.4) is 0 Å². The molecule has 5 rings (SSSR count). The molecule has 0 saturated carbocycles. The third-order valence-corrected chi connectivity index (χ3v) is 6.34. The van der Waals surface area contributed by atoms with Gasteiger partial charge in [-0.3, -0.25) is 0 Å². The van der Waals surface area contributed by atoms with Crippen molar-refractivity contribution in [1.29, 1.82) is 0 Å². The minimum Gasteiger partial charge on any atom is -0.0946 e. The highest BCUT2D eigenvalue weighted by Gasteiger charge is 2.31. The van der Waals surface area contributed by atoms with Crippen LogP contribution in [0, 0.1) is 5.92 Å². The van der Waals surface area contributed by atoms with Crippen molar-refractivity contribution in [2.45, 2.75) is 19.3 Å². The van der Waals surface area contributed by atoms with E-state index < -0.39 is 0 Å². The minimum absolute atomic E-state index is 0.393.